The van der Waals surface area contributed by atoms with Crippen LogP contribution in [0.5, 0.6) is 0 Å². The third kappa shape index (κ3) is 7.41. The van der Waals surface area contributed by atoms with E-state index in [1.807, 2.05) is 6.92 Å². The fourth-order valence-corrected chi connectivity index (χ4v) is 1.44. The van der Waals surface area contributed by atoms with E-state index in [4.69, 9.17) is 5.73 Å². The number of hydrogen-bond donors (Lipinski definition) is 2. The maximum absolute atomic E-state index is 11.8. The molecule has 0 aromatic carbocycles. The number of nitrogens with zero attached hydrogens (tertiary/aromatic N) is 1. The molecule has 0 aromatic rings. The molecule has 1 unspecified atom stereocenters. The first-order valence-corrected chi connectivity index (χ1v) is 6.13. The molecule has 112 valence electrons. The van der Waals surface area contributed by atoms with Gasteiger partial charge in [-0.2, -0.15) is 0 Å². The van der Waals surface area contributed by atoms with E-state index in [0.717, 1.165) is 13.1 Å². The lowest BCUT2D eigenvalue weighted by molar-refractivity contribution is -0.124. The van der Waals surface area contributed by atoms with E-state index in [1.165, 1.54) is 0 Å². The molecule has 0 aliphatic heterocycles. The van der Waals surface area contributed by atoms with Gasteiger partial charge in [-0.1, -0.05) is 27.7 Å². The molecule has 0 fully saturated rings. The fraction of sp³-hybridized carbons (Fsp3) is 0.917. The summed E-state index contributed by atoms with van der Waals surface area (Å²) >= 11 is 0. The van der Waals surface area contributed by atoms with Crippen LogP contribution in [0.1, 0.15) is 34.6 Å². The normalized spacial score (nSPS) is 13.6. The number of rotatable bonds is 7. The van der Waals surface area contributed by atoms with E-state index < -0.39 is 0 Å². The number of carbonyl (C=O) groups excluding carboxylic acids is 1. The van der Waals surface area contributed by atoms with Gasteiger partial charge in [0.05, 0.1) is 12.1 Å². The molecule has 18 heavy (non-hydrogen) atoms. The van der Waals surface area contributed by atoms with E-state index in [-0.39, 0.29) is 36.3 Å². The fourth-order valence-electron chi connectivity index (χ4n) is 1.44. The highest BCUT2D eigenvalue weighted by molar-refractivity contribution is 5.85. The highest BCUT2D eigenvalue weighted by Gasteiger charge is 2.28. The minimum atomic E-state index is -0.301. The van der Waals surface area contributed by atoms with Crippen molar-refractivity contribution in [2.24, 2.45) is 11.7 Å². The SMILES string of the molecule is CCN(CC)CC(=O)NC(C)(CN)C(C)C.Cl.Cl. The molecule has 0 aliphatic carbocycles. The molecule has 0 heterocycles. The molecule has 0 bridgehead atoms. The number of nitrogens with one attached hydrogen (secondary N) is 1. The average Bonchev–Trinajstić information content (AvgIpc) is 2.25. The second-order valence-corrected chi connectivity index (χ2v) is 4.79. The standard InChI is InChI=1S/C12H27N3O.2ClH/c1-6-15(7-2)8-11(16)14-12(5,9-13)10(3)4;;/h10H,6-9,13H2,1-5H3,(H,14,16);2*1H. The summed E-state index contributed by atoms with van der Waals surface area (Å²) in [6.07, 6.45) is 0. The van der Waals surface area contributed by atoms with Gasteiger partial charge in [-0.15, -0.1) is 24.8 Å². The lowest BCUT2D eigenvalue weighted by atomic mass is 9.88. The van der Waals surface area contributed by atoms with Crippen LogP contribution in [0.25, 0.3) is 0 Å². The van der Waals surface area contributed by atoms with Gasteiger partial charge >= 0.3 is 0 Å². The zero-order chi connectivity index (χ0) is 12.8. The Bertz CT molecular complexity index is 223. The zero-order valence-corrected chi connectivity index (χ0v) is 13.8. The van der Waals surface area contributed by atoms with Crippen molar-refractivity contribution in [2.75, 3.05) is 26.2 Å². The number of nitrogens with two attached hydrogens (primary N) is 1. The molecular formula is C12H29Cl2N3O. The highest BCUT2D eigenvalue weighted by atomic mass is 35.5. The number of amides is 1. The van der Waals surface area contributed by atoms with Crippen molar-refractivity contribution in [1.29, 1.82) is 0 Å². The Labute approximate surface area is 124 Å². The molecule has 6 heteroatoms. The van der Waals surface area contributed by atoms with Crippen molar-refractivity contribution in [2.45, 2.75) is 40.2 Å². The Kier molecular flexibility index (Phi) is 13.9. The number of carbonyl (C=O) groups is 1. The first-order valence-electron chi connectivity index (χ1n) is 6.13. The van der Waals surface area contributed by atoms with Gasteiger partial charge in [0.2, 0.25) is 5.91 Å². The van der Waals surface area contributed by atoms with Crippen LogP contribution in [0, 0.1) is 5.92 Å². The molecule has 1 atom stereocenters. The van der Waals surface area contributed by atoms with Crippen molar-refractivity contribution in [3.63, 3.8) is 0 Å². The van der Waals surface area contributed by atoms with Crippen LogP contribution in [0.3, 0.4) is 0 Å². The molecule has 0 aliphatic rings. The molecular weight excluding hydrogens is 273 g/mol. The van der Waals surface area contributed by atoms with Crippen molar-refractivity contribution in [3.05, 3.63) is 0 Å². The summed E-state index contributed by atoms with van der Waals surface area (Å²) in [7, 11) is 0. The summed E-state index contributed by atoms with van der Waals surface area (Å²) in [6, 6.07) is 0. The summed E-state index contributed by atoms with van der Waals surface area (Å²) in [5.74, 6) is 0.392. The van der Waals surface area contributed by atoms with Gasteiger partial charge in [0.1, 0.15) is 0 Å². The summed E-state index contributed by atoms with van der Waals surface area (Å²) in [6.45, 7) is 13.0. The van der Waals surface area contributed by atoms with Crippen LogP contribution < -0.4 is 11.1 Å². The van der Waals surface area contributed by atoms with Crippen molar-refractivity contribution < 1.29 is 4.79 Å². The summed E-state index contributed by atoms with van der Waals surface area (Å²) in [5, 5.41) is 3.04. The van der Waals surface area contributed by atoms with E-state index in [2.05, 4.69) is 37.9 Å². The minimum Gasteiger partial charge on any atom is -0.348 e. The number of hydrogen-bond acceptors (Lipinski definition) is 3. The number of halogens is 2. The zero-order valence-electron chi connectivity index (χ0n) is 12.2. The largest absolute Gasteiger partial charge is 0.348 e. The average molecular weight is 302 g/mol. The first-order chi connectivity index (χ1) is 7.39. The maximum Gasteiger partial charge on any atom is 0.234 e. The predicted octanol–water partition coefficient (Wildman–Crippen LogP) is 1.66. The lowest BCUT2D eigenvalue weighted by Crippen LogP contribution is -2.56. The quantitative estimate of drug-likeness (QED) is 0.752. The van der Waals surface area contributed by atoms with Gasteiger partial charge in [0, 0.05) is 6.54 Å². The molecule has 0 spiro atoms. The Hall–Kier alpha value is -0.0300. The van der Waals surface area contributed by atoms with Gasteiger partial charge in [0.25, 0.3) is 0 Å². The Morgan fingerprint density at radius 3 is 2.00 bits per heavy atom. The highest BCUT2D eigenvalue weighted by Crippen LogP contribution is 2.14. The van der Waals surface area contributed by atoms with Crippen molar-refractivity contribution >= 4 is 30.7 Å². The van der Waals surface area contributed by atoms with E-state index in [9.17, 15) is 4.79 Å². The van der Waals surface area contributed by atoms with Gasteiger partial charge in [-0.05, 0) is 25.9 Å². The minimum absolute atomic E-state index is 0. The molecule has 0 rings (SSSR count). The molecule has 0 radical (unpaired) electrons. The van der Waals surface area contributed by atoms with Gasteiger partial charge in [-0.25, -0.2) is 0 Å². The van der Waals surface area contributed by atoms with E-state index in [1.54, 1.807) is 0 Å². The van der Waals surface area contributed by atoms with E-state index in [0.29, 0.717) is 19.0 Å². The second-order valence-electron chi connectivity index (χ2n) is 4.79. The summed E-state index contributed by atoms with van der Waals surface area (Å²) < 4.78 is 0. The van der Waals surface area contributed by atoms with E-state index >= 15 is 0 Å². The van der Waals surface area contributed by atoms with Crippen LogP contribution in [0.15, 0.2) is 0 Å². The van der Waals surface area contributed by atoms with Crippen LogP contribution in [0.2, 0.25) is 0 Å². The van der Waals surface area contributed by atoms with Crippen molar-refractivity contribution in [3.8, 4) is 0 Å². The van der Waals surface area contributed by atoms with Crippen LogP contribution in [-0.2, 0) is 4.79 Å². The Balaban J connectivity index is -0.00000112. The van der Waals surface area contributed by atoms with Crippen molar-refractivity contribution in [1.82, 2.24) is 10.2 Å². The Morgan fingerprint density at radius 2 is 1.72 bits per heavy atom. The van der Waals surface area contributed by atoms with Crippen LogP contribution in [0.4, 0.5) is 0 Å². The van der Waals surface area contributed by atoms with Gasteiger partial charge < -0.3 is 11.1 Å². The maximum atomic E-state index is 11.8. The summed E-state index contributed by atoms with van der Waals surface area (Å²) in [4.78, 5) is 13.9. The monoisotopic (exact) mass is 301 g/mol. The van der Waals surface area contributed by atoms with Crippen LogP contribution >= 0.6 is 24.8 Å². The molecule has 1 amide bonds. The van der Waals surface area contributed by atoms with Gasteiger partial charge in [0.15, 0.2) is 0 Å². The smallest absolute Gasteiger partial charge is 0.234 e. The third-order valence-electron chi connectivity index (χ3n) is 3.38. The molecule has 3 N–H and O–H groups in total. The molecule has 4 nitrogen and oxygen atoms in total. The summed E-state index contributed by atoms with van der Waals surface area (Å²) in [5.41, 5.74) is 5.42. The Morgan fingerprint density at radius 1 is 1.28 bits per heavy atom. The second kappa shape index (κ2) is 10.9. The van der Waals surface area contributed by atoms with Crippen LogP contribution in [-0.4, -0.2) is 42.5 Å². The predicted molar refractivity (Wildman–Crippen MR) is 82.7 cm³/mol. The molecule has 0 saturated carbocycles. The number of likely N-dealkylation sites (N-methyl/N-ethyl adjacent to an activating group) is 1. The third-order valence-corrected chi connectivity index (χ3v) is 3.38. The first kappa shape index (κ1) is 23.1. The lowest BCUT2D eigenvalue weighted by Gasteiger charge is -2.34. The van der Waals surface area contributed by atoms with Gasteiger partial charge in [-0.3, -0.25) is 9.69 Å². The topological polar surface area (TPSA) is 58.4 Å². The molecule has 0 aromatic heterocycles. The molecule has 0 saturated heterocycles.